The fourth-order valence-corrected chi connectivity index (χ4v) is 15.2. The molecule has 0 aliphatic carbocycles. The first-order valence-electron chi connectivity index (χ1n) is 19.2. The van der Waals surface area contributed by atoms with Gasteiger partial charge < -0.3 is 11.5 Å². The van der Waals surface area contributed by atoms with E-state index in [9.17, 15) is 8.42 Å². The summed E-state index contributed by atoms with van der Waals surface area (Å²) in [5, 5.41) is 6.35. The molecule has 0 fully saturated rings. The molecule has 0 aromatic heterocycles. The average Bonchev–Trinajstić information content (AvgIpc) is 3.31. The molecule has 0 saturated carbocycles. The van der Waals surface area contributed by atoms with Gasteiger partial charge >= 0.3 is 34.5 Å². The zero-order chi connectivity index (χ0) is 42.2. The summed E-state index contributed by atoms with van der Waals surface area (Å²) < 4.78 is 29.7. The van der Waals surface area contributed by atoms with E-state index in [2.05, 4.69) is 48.5 Å². The molecule has 4 nitrogen and oxygen atoms in total. The van der Waals surface area contributed by atoms with E-state index in [1.54, 1.807) is 12.1 Å². The van der Waals surface area contributed by atoms with Gasteiger partial charge in [0.25, 0.3) is 0 Å². The maximum atomic E-state index is 14.8. The van der Waals surface area contributed by atoms with Gasteiger partial charge in [0.05, 0.1) is 0 Å². The third-order valence-corrected chi connectivity index (χ3v) is 17.7. The molecule has 0 radical (unpaired) electrons. The SMILES string of the molecule is NC(c1ccccc1)C(N)c1ccccc1.O=S(=O)(c1ccccc1[PH+](c1ccccc1)c1ccccc1)c1ccccc1[PH+](c1ccccc1)c1ccccc1.[Cl][Ru+2][Cl]. The van der Waals surface area contributed by atoms with E-state index in [-0.39, 0.29) is 27.2 Å². The Labute approximate surface area is 372 Å². The van der Waals surface area contributed by atoms with Crippen LogP contribution in [-0.2, 0) is 25.0 Å². The number of rotatable bonds is 11. The van der Waals surface area contributed by atoms with Crippen LogP contribution < -0.4 is 43.3 Å². The minimum atomic E-state index is -3.87. The molecule has 2 unspecified atom stereocenters. The minimum absolute atomic E-state index is 0.163. The maximum absolute atomic E-state index is 14.8. The van der Waals surface area contributed by atoms with Gasteiger partial charge in [-0.25, -0.2) is 8.42 Å². The Hall–Kier alpha value is -4.31. The number of hydrogen-bond donors (Lipinski definition) is 2. The van der Waals surface area contributed by atoms with Crippen LogP contribution in [0.2, 0.25) is 0 Å². The monoisotopic (exact) mass is 972 g/mol. The summed E-state index contributed by atoms with van der Waals surface area (Å²) >= 11 is -0.346. The second-order valence-corrected chi connectivity index (χ2v) is 23.0. The van der Waals surface area contributed by atoms with Crippen LogP contribution in [0.5, 0.6) is 0 Å². The van der Waals surface area contributed by atoms with Gasteiger partial charge in [0, 0.05) is 12.1 Å². The van der Waals surface area contributed by atoms with E-state index in [1.165, 1.54) is 0 Å². The Balaban J connectivity index is 0.000000264. The molecule has 0 heterocycles. The predicted octanol–water partition coefficient (Wildman–Crippen LogP) is 9.26. The van der Waals surface area contributed by atoms with Crippen LogP contribution in [0.25, 0.3) is 0 Å². The molecule has 8 aromatic carbocycles. The summed E-state index contributed by atoms with van der Waals surface area (Å²) in [7, 11) is 2.63. The van der Waals surface area contributed by atoms with Crippen LogP contribution in [-0.4, -0.2) is 8.42 Å². The van der Waals surface area contributed by atoms with Crippen LogP contribution in [0, 0.1) is 0 Å². The van der Waals surface area contributed by atoms with Crippen LogP contribution in [0.3, 0.4) is 0 Å². The number of hydrogen-bond acceptors (Lipinski definition) is 4. The molecule has 0 bridgehead atoms. The summed E-state index contributed by atoms with van der Waals surface area (Å²) in [6.45, 7) is 0. The van der Waals surface area contributed by atoms with E-state index in [0.29, 0.717) is 9.79 Å². The molecule has 4 N–H and O–H groups in total. The summed E-state index contributed by atoms with van der Waals surface area (Å²) in [5.41, 5.74) is 14.4. The first kappa shape index (κ1) is 45.2. The normalized spacial score (nSPS) is 12.0. The molecular weight excluding hydrogens is 927 g/mol. The number of halogens is 2. The molecule has 2 atom stereocenters. The van der Waals surface area contributed by atoms with Crippen molar-refractivity contribution < 1.29 is 23.6 Å². The second-order valence-electron chi connectivity index (χ2n) is 13.6. The molecule has 0 aliphatic heterocycles. The molecule has 302 valence electrons. The zero-order valence-electron chi connectivity index (χ0n) is 32.6. The average molecular weight is 973 g/mol. The summed E-state index contributed by atoms with van der Waals surface area (Å²) in [5.74, 6) is 0. The number of benzene rings is 8. The molecule has 8 aromatic rings. The van der Waals surface area contributed by atoms with Gasteiger partial charge in [-0.05, 0) is 83.9 Å². The molecule has 60 heavy (non-hydrogen) atoms. The number of sulfone groups is 1. The third kappa shape index (κ3) is 11.5. The Morgan fingerprint density at radius 2 is 0.583 bits per heavy atom. The van der Waals surface area contributed by atoms with Gasteiger partial charge in [0.1, 0.15) is 57.5 Å². The van der Waals surface area contributed by atoms with Gasteiger partial charge in [0.2, 0.25) is 9.84 Å². The van der Waals surface area contributed by atoms with E-state index in [1.807, 2.05) is 170 Å². The van der Waals surface area contributed by atoms with Crippen LogP contribution >= 0.6 is 35.2 Å². The Kier molecular flexibility index (Phi) is 17.4. The van der Waals surface area contributed by atoms with Crippen LogP contribution in [0.15, 0.2) is 240 Å². The van der Waals surface area contributed by atoms with Crippen molar-refractivity contribution in [3.05, 3.63) is 242 Å². The van der Waals surface area contributed by atoms with Crippen molar-refractivity contribution in [2.75, 3.05) is 0 Å². The third-order valence-electron chi connectivity index (χ3n) is 9.90. The molecule has 0 saturated heterocycles. The second kappa shape index (κ2) is 23.1. The van der Waals surface area contributed by atoms with Gasteiger partial charge in [-0.3, -0.25) is 0 Å². The van der Waals surface area contributed by atoms with E-state index in [0.717, 1.165) is 43.0 Å². The van der Waals surface area contributed by atoms with Crippen molar-refractivity contribution in [3.63, 3.8) is 0 Å². The van der Waals surface area contributed by atoms with Crippen molar-refractivity contribution in [2.24, 2.45) is 11.5 Å². The van der Waals surface area contributed by atoms with E-state index >= 15 is 0 Å². The fraction of sp³-hybridized carbons (Fsp3) is 0.0400. The van der Waals surface area contributed by atoms with Crippen molar-refractivity contribution >= 4 is 76.9 Å². The number of nitrogens with two attached hydrogens (primary N) is 2. The zero-order valence-corrected chi connectivity index (χ0v) is 38.6. The molecule has 0 spiro atoms. The first-order chi connectivity index (χ1) is 29.3. The van der Waals surface area contributed by atoms with Crippen molar-refractivity contribution in [2.45, 2.75) is 21.9 Å². The molecule has 8 rings (SSSR count). The summed E-state index contributed by atoms with van der Waals surface area (Å²) in [6.07, 6.45) is 0. The molecule has 0 aliphatic rings. The summed E-state index contributed by atoms with van der Waals surface area (Å²) in [4.78, 5) is 0.771. The van der Waals surface area contributed by atoms with Gasteiger partial charge in [-0.15, -0.1) is 0 Å². The van der Waals surface area contributed by atoms with Crippen LogP contribution in [0.4, 0.5) is 0 Å². The predicted molar refractivity (Wildman–Crippen MR) is 257 cm³/mol. The van der Waals surface area contributed by atoms with Crippen molar-refractivity contribution in [3.8, 4) is 0 Å². The fourth-order valence-electron chi connectivity index (χ4n) is 7.07. The van der Waals surface area contributed by atoms with Gasteiger partial charge in [-0.2, -0.15) is 0 Å². The van der Waals surface area contributed by atoms with Crippen molar-refractivity contribution in [1.82, 2.24) is 0 Å². The Morgan fingerprint density at radius 1 is 0.367 bits per heavy atom. The van der Waals surface area contributed by atoms with Crippen molar-refractivity contribution in [1.29, 1.82) is 0 Å². The Morgan fingerprint density at radius 3 is 0.850 bits per heavy atom. The van der Waals surface area contributed by atoms with E-state index < -0.39 is 25.7 Å². The molecular formula is C50H46Cl2N2O2P2RuS+4. The standard InChI is InChI=1S/C36H28O2P2S.C14H16N2.2ClH.Ru/c37-41(38,35-27-15-13-25-33(35)39(29-17-5-1-6-18-29)30-19-7-2-8-20-30)36-28-16-14-26-34(36)40(31-21-9-3-10-22-31)32-23-11-4-12-24-32;15-13(11-7-3-1-4-8-11)14(16)12-9-5-2-6-10-12;;;/h1-28H;1-10,13-14H,15-16H2;2*1H;/q;;;;+4. The van der Waals surface area contributed by atoms with E-state index in [4.69, 9.17) is 30.8 Å². The van der Waals surface area contributed by atoms with Crippen LogP contribution in [0.1, 0.15) is 23.2 Å². The molecule has 0 amide bonds. The van der Waals surface area contributed by atoms with Gasteiger partial charge in [-0.1, -0.05) is 158 Å². The topological polar surface area (TPSA) is 86.2 Å². The quantitative estimate of drug-likeness (QED) is 0.100. The van der Waals surface area contributed by atoms with Gasteiger partial charge in [0.15, 0.2) is 0 Å². The Bertz CT molecular complexity index is 2350. The summed E-state index contributed by atoms with van der Waals surface area (Å²) in [6, 6.07) is 75.9. The molecule has 10 heteroatoms. The first-order valence-corrected chi connectivity index (χ1v) is 28.2.